The van der Waals surface area contributed by atoms with Crippen LogP contribution in [0.3, 0.4) is 0 Å². The van der Waals surface area contributed by atoms with Gasteiger partial charge in [-0.3, -0.25) is 0 Å². The Kier molecular flexibility index (Phi) is 9.40. The van der Waals surface area contributed by atoms with E-state index in [0.29, 0.717) is 0 Å². The average Bonchev–Trinajstić information content (AvgIpc) is 2.49. The lowest BCUT2D eigenvalue weighted by atomic mass is 9.98. The third-order valence-corrected chi connectivity index (χ3v) is 4.10. The molecule has 1 unspecified atom stereocenters. The molecular weight excluding hydrogens is 242 g/mol. The second-order valence-corrected chi connectivity index (χ2v) is 6.01. The molecule has 0 bridgehead atoms. The highest BCUT2D eigenvalue weighted by Gasteiger charge is 2.05. The Bertz CT molecular complexity index is 328. The fraction of sp³-hybridized carbons (Fsp3) is 0.684. The average molecular weight is 275 g/mol. The van der Waals surface area contributed by atoms with E-state index in [-0.39, 0.29) is 6.04 Å². The van der Waals surface area contributed by atoms with E-state index in [1.165, 1.54) is 68.9 Å². The van der Waals surface area contributed by atoms with Crippen molar-refractivity contribution in [1.82, 2.24) is 0 Å². The molecule has 0 aliphatic carbocycles. The topological polar surface area (TPSA) is 26.0 Å². The second kappa shape index (κ2) is 10.9. The van der Waals surface area contributed by atoms with Crippen LogP contribution in [0.5, 0.6) is 0 Å². The Hall–Kier alpha value is -0.820. The van der Waals surface area contributed by atoms with Crippen LogP contribution in [0.15, 0.2) is 24.3 Å². The Morgan fingerprint density at radius 3 is 2.05 bits per heavy atom. The van der Waals surface area contributed by atoms with Gasteiger partial charge in [-0.05, 0) is 30.4 Å². The van der Waals surface area contributed by atoms with Crippen LogP contribution >= 0.6 is 0 Å². The molecule has 2 N–H and O–H groups in total. The lowest BCUT2D eigenvalue weighted by Gasteiger charge is -2.12. The molecule has 0 saturated carbocycles. The van der Waals surface area contributed by atoms with Crippen molar-refractivity contribution >= 4 is 0 Å². The molecule has 1 atom stereocenters. The van der Waals surface area contributed by atoms with Gasteiger partial charge < -0.3 is 5.73 Å². The number of aryl methyl sites for hydroxylation is 1. The number of unbranched alkanes of at least 4 members (excludes halogenated alkanes) is 6. The first-order chi connectivity index (χ1) is 9.77. The summed E-state index contributed by atoms with van der Waals surface area (Å²) < 4.78 is 0. The minimum Gasteiger partial charge on any atom is -0.324 e. The van der Waals surface area contributed by atoms with Gasteiger partial charge in [0.25, 0.3) is 0 Å². The third kappa shape index (κ3) is 7.09. The van der Waals surface area contributed by atoms with Crippen LogP contribution in [-0.4, -0.2) is 0 Å². The van der Waals surface area contributed by atoms with Gasteiger partial charge in [0, 0.05) is 6.04 Å². The van der Waals surface area contributed by atoms with Crippen molar-refractivity contribution in [3.8, 4) is 0 Å². The van der Waals surface area contributed by atoms with Gasteiger partial charge in [0.05, 0.1) is 0 Å². The molecule has 0 aromatic heterocycles. The van der Waals surface area contributed by atoms with E-state index in [1.807, 2.05) is 0 Å². The molecule has 1 nitrogen and oxygen atoms in total. The van der Waals surface area contributed by atoms with Crippen LogP contribution in [0.1, 0.15) is 88.8 Å². The van der Waals surface area contributed by atoms with Crippen molar-refractivity contribution in [2.45, 2.75) is 84.1 Å². The Balaban J connectivity index is 2.23. The molecule has 1 aromatic rings. The number of nitrogens with two attached hydrogens (primary N) is 1. The first-order valence-electron chi connectivity index (χ1n) is 8.62. The maximum Gasteiger partial charge on any atom is 0.0294 e. The molecule has 0 radical (unpaired) electrons. The first kappa shape index (κ1) is 17.2. The number of benzene rings is 1. The van der Waals surface area contributed by atoms with Crippen LogP contribution in [0, 0.1) is 0 Å². The fourth-order valence-corrected chi connectivity index (χ4v) is 2.62. The van der Waals surface area contributed by atoms with Gasteiger partial charge in [0.1, 0.15) is 0 Å². The summed E-state index contributed by atoms with van der Waals surface area (Å²) in [5.41, 5.74) is 9.04. The zero-order valence-corrected chi connectivity index (χ0v) is 13.5. The molecule has 1 heteroatoms. The zero-order valence-electron chi connectivity index (χ0n) is 13.5. The van der Waals surface area contributed by atoms with Crippen LogP contribution < -0.4 is 5.73 Å². The minimum atomic E-state index is 0.224. The maximum atomic E-state index is 6.29. The summed E-state index contributed by atoms with van der Waals surface area (Å²) in [7, 11) is 0. The van der Waals surface area contributed by atoms with Crippen molar-refractivity contribution in [2.24, 2.45) is 5.73 Å². The highest BCUT2D eigenvalue weighted by Crippen LogP contribution is 2.19. The molecule has 0 heterocycles. The van der Waals surface area contributed by atoms with Crippen LogP contribution in [0.2, 0.25) is 0 Å². The molecule has 0 saturated heterocycles. The molecular formula is C19H33N. The van der Waals surface area contributed by atoms with Crippen LogP contribution in [0.4, 0.5) is 0 Å². The third-order valence-electron chi connectivity index (χ3n) is 4.10. The molecule has 0 aliphatic heterocycles. The monoisotopic (exact) mass is 275 g/mol. The molecule has 0 fully saturated rings. The van der Waals surface area contributed by atoms with E-state index in [0.717, 1.165) is 6.42 Å². The molecule has 20 heavy (non-hydrogen) atoms. The smallest absolute Gasteiger partial charge is 0.0294 e. The van der Waals surface area contributed by atoms with Crippen molar-refractivity contribution < 1.29 is 0 Å². The highest BCUT2D eigenvalue weighted by atomic mass is 14.6. The fourth-order valence-electron chi connectivity index (χ4n) is 2.62. The predicted octanol–water partition coefficient (Wildman–Crippen LogP) is 5.78. The van der Waals surface area contributed by atoms with Crippen molar-refractivity contribution in [1.29, 1.82) is 0 Å². The highest BCUT2D eigenvalue weighted by molar-refractivity contribution is 5.24. The molecule has 0 spiro atoms. The van der Waals surface area contributed by atoms with E-state index in [2.05, 4.69) is 38.1 Å². The van der Waals surface area contributed by atoms with Crippen LogP contribution in [0.25, 0.3) is 0 Å². The number of hydrogen-bond acceptors (Lipinski definition) is 1. The molecule has 1 aromatic carbocycles. The zero-order chi connectivity index (χ0) is 14.6. The lowest BCUT2D eigenvalue weighted by molar-refractivity contribution is 0.547. The Morgan fingerprint density at radius 2 is 1.40 bits per heavy atom. The van der Waals surface area contributed by atoms with E-state index in [4.69, 9.17) is 5.73 Å². The van der Waals surface area contributed by atoms with Gasteiger partial charge in [0.2, 0.25) is 0 Å². The summed E-state index contributed by atoms with van der Waals surface area (Å²) in [6.45, 7) is 4.50. The van der Waals surface area contributed by atoms with Gasteiger partial charge in [-0.15, -0.1) is 0 Å². The van der Waals surface area contributed by atoms with E-state index in [1.54, 1.807) is 0 Å². The summed E-state index contributed by atoms with van der Waals surface area (Å²) >= 11 is 0. The minimum absolute atomic E-state index is 0.224. The van der Waals surface area contributed by atoms with Crippen molar-refractivity contribution in [2.75, 3.05) is 0 Å². The van der Waals surface area contributed by atoms with Crippen molar-refractivity contribution in [3.05, 3.63) is 35.4 Å². The Labute approximate surface area is 126 Å². The summed E-state index contributed by atoms with van der Waals surface area (Å²) in [6.07, 6.45) is 12.9. The Morgan fingerprint density at radius 1 is 0.800 bits per heavy atom. The number of hydrogen-bond donors (Lipinski definition) is 1. The molecule has 1 rings (SSSR count). The van der Waals surface area contributed by atoms with Gasteiger partial charge in [0.15, 0.2) is 0 Å². The summed E-state index contributed by atoms with van der Waals surface area (Å²) in [6, 6.07) is 9.19. The van der Waals surface area contributed by atoms with Gasteiger partial charge in [-0.2, -0.15) is 0 Å². The van der Waals surface area contributed by atoms with E-state index < -0.39 is 0 Å². The van der Waals surface area contributed by atoms with E-state index in [9.17, 15) is 0 Å². The maximum absolute atomic E-state index is 6.29. The summed E-state index contributed by atoms with van der Waals surface area (Å²) in [4.78, 5) is 0. The lowest BCUT2D eigenvalue weighted by Crippen LogP contribution is -2.10. The largest absolute Gasteiger partial charge is 0.324 e. The SMILES string of the molecule is CCCCCCCCC(N)c1ccc(CCCC)cc1. The second-order valence-electron chi connectivity index (χ2n) is 6.01. The predicted molar refractivity (Wildman–Crippen MR) is 90.0 cm³/mol. The standard InChI is InChI=1S/C19H33N/c1-3-5-7-8-9-10-12-19(20)18-15-13-17(14-16-18)11-6-4-2/h13-16,19H,3-12,20H2,1-2H3. The number of rotatable bonds is 11. The van der Waals surface area contributed by atoms with Gasteiger partial charge >= 0.3 is 0 Å². The normalized spacial score (nSPS) is 12.6. The van der Waals surface area contributed by atoms with Crippen molar-refractivity contribution in [3.63, 3.8) is 0 Å². The van der Waals surface area contributed by atoms with Gasteiger partial charge in [-0.25, -0.2) is 0 Å². The quantitative estimate of drug-likeness (QED) is 0.509. The summed E-state index contributed by atoms with van der Waals surface area (Å²) in [5.74, 6) is 0. The molecule has 114 valence electrons. The van der Waals surface area contributed by atoms with Crippen LogP contribution in [-0.2, 0) is 6.42 Å². The molecule has 0 aliphatic rings. The first-order valence-corrected chi connectivity index (χ1v) is 8.62. The van der Waals surface area contributed by atoms with Gasteiger partial charge in [-0.1, -0.05) is 83.1 Å². The molecule has 0 amide bonds. The van der Waals surface area contributed by atoms with E-state index >= 15 is 0 Å². The summed E-state index contributed by atoms with van der Waals surface area (Å²) in [5, 5.41) is 0.